The van der Waals surface area contributed by atoms with Crippen molar-refractivity contribution in [3.05, 3.63) is 46.2 Å². The van der Waals surface area contributed by atoms with E-state index in [9.17, 15) is 23.1 Å². The first-order valence-electron chi connectivity index (χ1n) is 5.96. The summed E-state index contributed by atoms with van der Waals surface area (Å²) in [6.07, 6.45) is -4.59. The van der Waals surface area contributed by atoms with Crippen molar-refractivity contribution in [2.75, 3.05) is 0 Å². The molecule has 1 aromatic carbocycles. The maximum atomic E-state index is 12.5. The average molecular weight is 316 g/mol. The van der Waals surface area contributed by atoms with E-state index in [1.165, 1.54) is 0 Å². The number of halogens is 3. The molecule has 4 nitrogen and oxygen atoms in total. The van der Waals surface area contributed by atoms with Crippen molar-refractivity contribution in [2.45, 2.75) is 25.4 Å². The lowest BCUT2D eigenvalue weighted by Gasteiger charge is -2.09. The van der Waals surface area contributed by atoms with Gasteiger partial charge in [-0.25, -0.2) is 4.98 Å². The van der Waals surface area contributed by atoms with Gasteiger partial charge in [-0.3, -0.25) is 4.79 Å². The summed E-state index contributed by atoms with van der Waals surface area (Å²) in [6, 6.07) is 7.12. The largest absolute Gasteiger partial charge is 0.481 e. The Labute approximate surface area is 122 Å². The SMILES string of the molecule is Cc1ccc(CC(C(=O)O)c2nc(C(F)(F)F)ns2)cc1. The highest BCUT2D eigenvalue weighted by atomic mass is 32.1. The fourth-order valence-electron chi connectivity index (χ4n) is 1.73. The van der Waals surface area contributed by atoms with Gasteiger partial charge in [0.2, 0.25) is 5.82 Å². The van der Waals surface area contributed by atoms with Crippen LogP contribution in [0.4, 0.5) is 13.2 Å². The minimum atomic E-state index is -4.67. The van der Waals surface area contributed by atoms with Gasteiger partial charge < -0.3 is 5.11 Å². The van der Waals surface area contributed by atoms with Crippen LogP contribution in [0.3, 0.4) is 0 Å². The van der Waals surface area contributed by atoms with E-state index in [1.807, 2.05) is 19.1 Å². The molecule has 1 atom stereocenters. The highest BCUT2D eigenvalue weighted by Gasteiger charge is 2.37. The first-order chi connectivity index (χ1) is 9.77. The number of aromatic nitrogens is 2. The number of benzene rings is 1. The number of hydrogen-bond donors (Lipinski definition) is 1. The lowest BCUT2D eigenvalue weighted by atomic mass is 9.99. The van der Waals surface area contributed by atoms with E-state index in [1.54, 1.807) is 12.1 Å². The van der Waals surface area contributed by atoms with Crippen LogP contribution in [-0.2, 0) is 17.4 Å². The maximum absolute atomic E-state index is 12.5. The molecule has 0 amide bonds. The monoisotopic (exact) mass is 316 g/mol. The molecule has 0 aliphatic carbocycles. The second-order valence-electron chi connectivity index (χ2n) is 4.53. The predicted molar refractivity (Wildman–Crippen MR) is 70.2 cm³/mol. The van der Waals surface area contributed by atoms with Crippen molar-refractivity contribution in [1.82, 2.24) is 9.36 Å². The third-order valence-electron chi connectivity index (χ3n) is 2.85. The summed E-state index contributed by atoms with van der Waals surface area (Å²) >= 11 is 0.473. The number of carbonyl (C=O) groups is 1. The fourth-order valence-corrected chi connectivity index (χ4v) is 2.50. The minimum Gasteiger partial charge on any atom is -0.481 e. The molecule has 0 aliphatic heterocycles. The standard InChI is InChI=1S/C13H11F3N2O2S/c1-7-2-4-8(5-3-7)6-9(11(19)20)10-17-12(18-21-10)13(14,15)16/h2-5,9H,6H2,1H3,(H,19,20). The molecule has 1 N–H and O–H groups in total. The Morgan fingerprint density at radius 1 is 1.33 bits per heavy atom. The number of hydrogen-bond acceptors (Lipinski definition) is 4. The smallest absolute Gasteiger partial charge is 0.452 e. The Morgan fingerprint density at radius 3 is 2.43 bits per heavy atom. The van der Waals surface area contributed by atoms with Gasteiger partial charge in [-0.2, -0.15) is 17.5 Å². The Kier molecular flexibility index (Phi) is 4.26. The van der Waals surface area contributed by atoms with Crippen molar-refractivity contribution >= 4 is 17.5 Å². The number of carboxylic acids is 1. The summed E-state index contributed by atoms with van der Waals surface area (Å²) < 4.78 is 40.6. The van der Waals surface area contributed by atoms with Crippen LogP contribution in [0.25, 0.3) is 0 Å². The van der Waals surface area contributed by atoms with Gasteiger partial charge in [-0.1, -0.05) is 29.8 Å². The van der Waals surface area contributed by atoms with Crippen LogP contribution in [-0.4, -0.2) is 20.4 Å². The van der Waals surface area contributed by atoms with Gasteiger partial charge in [0, 0.05) is 0 Å². The van der Waals surface area contributed by atoms with Gasteiger partial charge in [0.25, 0.3) is 0 Å². The molecule has 1 heterocycles. The Balaban J connectivity index is 2.25. The second-order valence-corrected chi connectivity index (χ2v) is 5.32. The van der Waals surface area contributed by atoms with Crippen LogP contribution in [0, 0.1) is 6.92 Å². The normalized spacial score (nSPS) is 13.1. The molecule has 0 bridgehead atoms. The zero-order chi connectivity index (χ0) is 15.6. The van der Waals surface area contributed by atoms with E-state index in [4.69, 9.17) is 0 Å². The summed E-state index contributed by atoms with van der Waals surface area (Å²) in [7, 11) is 0. The van der Waals surface area contributed by atoms with Crippen molar-refractivity contribution in [3.8, 4) is 0 Å². The Hall–Kier alpha value is -1.96. The molecule has 0 radical (unpaired) electrons. The van der Waals surface area contributed by atoms with Crippen LogP contribution in [0.2, 0.25) is 0 Å². The molecular weight excluding hydrogens is 305 g/mol. The number of aryl methyl sites for hydroxylation is 1. The van der Waals surface area contributed by atoms with Gasteiger partial charge in [-0.15, -0.1) is 0 Å². The molecule has 0 aliphatic rings. The first kappa shape index (κ1) is 15.4. The van der Waals surface area contributed by atoms with Crippen LogP contribution in [0.1, 0.15) is 27.9 Å². The number of nitrogens with zero attached hydrogens (tertiary/aromatic N) is 2. The Morgan fingerprint density at radius 2 is 1.95 bits per heavy atom. The van der Waals surface area contributed by atoms with Gasteiger partial charge in [0.15, 0.2) is 0 Å². The van der Waals surface area contributed by atoms with Gasteiger partial charge in [0.05, 0.1) is 0 Å². The lowest BCUT2D eigenvalue weighted by Crippen LogP contribution is -2.15. The summed E-state index contributed by atoms with van der Waals surface area (Å²) in [5.41, 5.74) is 1.73. The van der Waals surface area contributed by atoms with Crippen LogP contribution in [0.15, 0.2) is 24.3 Å². The molecule has 0 spiro atoms. The molecule has 112 valence electrons. The molecule has 0 saturated carbocycles. The van der Waals surface area contributed by atoms with Crippen LogP contribution >= 0.6 is 11.5 Å². The average Bonchev–Trinajstić information content (AvgIpc) is 2.87. The lowest BCUT2D eigenvalue weighted by molar-refractivity contribution is -0.145. The van der Waals surface area contributed by atoms with E-state index in [0.29, 0.717) is 11.5 Å². The zero-order valence-electron chi connectivity index (χ0n) is 10.9. The predicted octanol–water partition coefficient (Wildman–Crippen LogP) is 3.28. The maximum Gasteiger partial charge on any atom is 0.452 e. The first-order valence-corrected chi connectivity index (χ1v) is 6.74. The Bertz CT molecular complexity index is 638. The molecule has 8 heteroatoms. The van der Waals surface area contributed by atoms with Gasteiger partial charge in [0.1, 0.15) is 10.9 Å². The minimum absolute atomic E-state index is 0.0715. The molecule has 0 fully saturated rings. The number of aliphatic carboxylic acids is 1. The van der Waals surface area contributed by atoms with Gasteiger partial charge >= 0.3 is 12.1 Å². The van der Waals surface area contributed by atoms with Crippen LogP contribution in [0.5, 0.6) is 0 Å². The third kappa shape index (κ3) is 3.78. The summed E-state index contributed by atoms with van der Waals surface area (Å²) in [6.45, 7) is 1.89. The summed E-state index contributed by atoms with van der Waals surface area (Å²) in [5.74, 6) is -3.65. The topological polar surface area (TPSA) is 63.1 Å². The third-order valence-corrected chi connectivity index (χ3v) is 3.68. The van der Waals surface area contributed by atoms with Crippen molar-refractivity contribution in [2.24, 2.45) is 0 Å². The van der Waals surface area contributed by atoms with Crippen LogP contribution < -0.4 is 0 Å². The molecule has 0 saturated heterocycles. The van der Waals surface area contributed by atoms with Crippen molar-refractivity contribution in [3.63, 3.8) is 0 Å². The van der Waals surface area contributed by atoms with Crippen molar-refractivity contribution < 1.29 is 23.1 Å². The van der Waals surface area contributed by atoms with E-state index in [2.05, 4.69) is 9.36 Å². The van der Waals surface area contributed by atoms with E-state index in [-0.39, 0.29) is 11.4 Å². The number of carboxylic acid groups (broad SMARTS) is 1. The number of rotatable bonds is 4. The molecule has 2 rings (SSSR count). The van der Waals surface area contributed by atoms with Gasteiger partial charge in [-0.05, 0) is 30.4 Å². The summed E-state index contributed by atoms with van der Waals surface area (Å²) in [4.78, 5) is 14.6. The van der Waals surface area contributed by atoms with E-state index >= 15 is 0 Å². The quantitative estimate of drug-likeness (QED) is 0.940. The highest BCUT2D eigenvalue weighted by molar-refractivity contribution is 7.05. The van der Waals surface area contributed by atoms with E-state index < -0.39 is 23.9 Å². The fraction of sp³-hybridized carbons (Fsp3) is 0.308. The van der Waals surface area contributed by atoms with Crippen molar-refractivity contribution in [1.29, 1.82) is 0 Å². The second kappa shape index (κ2) is 5.80. The summed E-state index contributed by atoms with van der Waals surface area (Å²) in [5, 5.41) is 9.07. The molecular formula is C13H11F3N2O2S. The van der Waals surface area contributed by atoms with E-state index in [0.717, 1.165) is 11.1 Å². The zero-order valence-corrected chi connectivity index (χ0v) is 11.7. The molecule has 21 heavy (non-hydrogen) atoms. The molecule has 1 unspecified atom stereocenters. The highest BCUT2D eigenvalue weighted by Crippen LogP contribution is 2.31. The molecule has 1 aromatic heterocycles. The molecule has 2 aromatic rings. The number of alkyl halides is 3.